The molecule has 0 aromatic carbocycles. The fraction of sp³-hybridized carbons (Fsp3) is 0.684. The van der Waals surface area contributed by atoms with Crippen molar-refractivity contribution in [2.45, 2.75) is 31.9 Å². The number of ether oxygens (including phenoxy) is 1. The van der Waals surface area contributed by atoms with Crippen molar-refractivity contribution in [3.05, 3.63) is 6.33 Å². The molecular weight excluding hydrogens is 372 g/mol. The second kappa shape index (κ2) is 6.81. The summed E-state index contributed by atoms with van der Waals surface area (Å²) in [7, 11) is 1.79. The van der Waals surface area contributed by atoms with E-state index < -0.39 is 5.41 Å². The Morgan fingerprint density at radius 2 is 2.14 bits per heavy atom. The van der Waals surface area contributed by atoms with Gasteiger partial charge in [-0.05, 0) is 19.8 Å². The SMILES string of the molecule is CO[C@@H]1C[C@@H]2CN(c3nc(N4CCC(C)(C(N)=O)C4)c4[nH]cnc4n3)CCN2C1. The number of nitrogens with one attached hydrogen (secondary N) is 1. The van der Waals surface area contributed by atoms with Crippen LogP contribution in [-0.4, -0.2) is 89.3 Å². The molecule has 3 saturated heterocycles. The Morgan fingerprint density at radius 3 is 2.90 bits per heavy atom. The normalized spacial score (nSPS) is 30.3. The van der Waals surface area contributed by atoms with E-state index in [9.17, 15) is 4.79 Å². The Bertz CT molecular complexity index is 932. The molecule has 10 nitrogen and oxygen atoms in total. The summed E-state index contributed by atoms with van der Waals surface area (Å²) < 4.78 is 5.57. The fourth-order valence-corrected chi connectivity index (χ4v) is 4.87. The molecule has 5 rings (SSSR count). The van der Waals surface area contributed by atoms with Gasteiger partial charge in [0, 0.05) is 52.4 Å². The molecule has 29 heavy (non-hydrogen) atoms. The van der Waals surface area contributed by atoms with Crippen LogP contribution in [0, 0.1) is 5.41 Å². The van der Waals surface area contributed by atoms with Gasteiger partial charge in [-0.3, -0.25) is 9.69 Å². The molecule has 1 unspecified atom stereocenters. The number of imidazole rings is 1. The van der Waals surface area contributed by atoms with E-state index in [1.54, 1.807) is 13.4 Å². The zero-order valence-electron chi connectivity index (χ0n) is 17.0. The van der Waals surface area contributed by atoms with E-state index in [2.05, 4.69) is 24.7 Å². The van der Waals surface area contributed by atoms with Gasteiger partial charge in [0.05, 0.1) is 17.8 Å². The Balaban J connectivity index is 1.44. The molecule has 3 N–H and O–H groups in total. The molecule has 2 aromatic heterocycles. The van der Waals surface area contributed by atoms with E-state index in [0.29, 0.717) is 30.3 Å². The van der Waals surface area contributed by atoms with Crippen LogP contribution >= 0.6 is 0 Å². The van der Waals surface area contributed by atoms with Crippen LogP contribution in [0.1, 0.15) is 19.8 Å². The summed E-state index contributed by atoms with van der Waals surface area (Å²) in [6.07, 6.45) is 3.71. The minimum Gasteiger partial charge on any atom is -0.380 e. The molecule has 156 valence electrons. The monoisotopic (exact) mass is 400 g/mol. The molecule has 0 bridgehead atoms. The highest BCUT2D eigenvalue weighted by Gasteiger charge is 2.41. The van der Waals surface area contributed by atoms with Crippen LogP contribution in [-0.2, 0) is 9.53 Å². The van der Waals surface area contributed by atoms with Crippen molar-refractivity contribution in [2.24, 2.45) is 11.1 Å². The highest BCUT2D eigenvalue weighted by molar-refractivity contribution is 5.86. The van der Waals surface area contributed by atoms with Crippen molar-refractivity contribution in [3.8, 4) is 0 Å². The summed E-state index contributed by atoms with van der Waals surface area (Å²) in [4.78, 5) is 36.0. The lowest BCUT2D eigenvalue weighted by Crippen LogP contribution is -2.50. The van der Waals surface area contributed by atoms with Crippen molar-refractivity contribution < 1.29 is 9.53 Å². The zero-order valence-corrected chi connectivity index (χ0v) is 17.0. The summed E-state index contributed by atoms with van der Waals surface area (Å²) >= 11 is 0. The zero-order chi connectivity index (χ0) is 20.2. The molecular formula is C19H28N8O2. The van der Waals surface area contributed by atoms with Crippen molar-refractivity contribution in [3.63, 3.8) is 0 Å². The number of amides is 1. The number of carbonyl (C=O) groups excluding carboxylic acids is 1. The Morgan fingerprint density at radius 1 is 1.28 bits per heavy atom. The number of H-pyrrole nitrogens is 1. The van der Waals surface area contributed by atoms with E-state index in [1.165, 1.54) is 0 Å². The summed E-state index contributed by atoms with van der Waals surface area (Å²) in [5.74, 6) is 1.24. The quantitative estimate of drug-likeness (QED) is 0.735. The largest absolute Gasteiger partial charge is 0.380 e. The number of nitrogens with two attached hydrogens (primary N) is 1. The van der Waals surface area contributed by atoms with Crippen LogP contribution in [0.15, 0.2) is 6.33 Å². The first-order valence-corrected chi connectivity index (χ1v) is 10.2. The van der Waals surface area contributed by atoms with Gasteiger partial charge in [-0.15, -0.1) is 0 Å². The Kier molecular flexibility index (Phi) is 4.36. The number of aromatic nitrogens is 4. The van der Waals surface area contributed by atoms with Crippen LogP contribution in [0.2, 0.25) is 0 Å². The summed E-state index contributed by atoms with van der Waals surface area (Å²) in [5.41, 5.74) is 6.56. The third kappa shape index (κ3) is 3.10. The van der Waals surface area contributed by atoms with Gasteiger partial charge in [-0.2, -0.15) is 9.97 Å². The summed E-state index contributed by atoms with van der Waals surface area (Å²) in [6, 6.07) is 0.459. The van der Waals surface area contributed by atoms with E-state index in [1.807, 2.05) is 6.92 Å². The summed E-state index contributed by atoms with van der Waals surface area (Å²) in [5, 5.41) is 0. The van der Waals surface area contributed by atoms with E-state index in [-0.39, 0.29) is 5.91 Å². The predicted molar refractivity (Wildman–Crippen MR) is 109 cm³/mol. The van der Waals surface area contributed by atoms with Gasteiger partial charge in [0.1, 0.15) is 5.52 Å². The molecule has 3 fully saturated rings. The molecule has 0 spiro atoms. The number of methoxy groups -OCH3 is 1. The van der Waals surface area contributed by atoms with Crippen LogP contribution < -0.4 is 15.5 Å². The first-order chi connectivity index (χ1) is 14.0. The maximum atomic E-state index is 11.9. The van der Waals surface area contributed by atoms with Crippen LogP contribution in [0.5, 0.6) is 0 Å². The number of fused-ring (bicyclic) bond motifs is 2. The molecule has 5 heterocycles. The van der Waals surface area contributed by atoms with E-state index in [4.69, 9.17) is 20.4 Å². The number of piperazine rings is 1. The second-order valence-electron chi connectivity index (χ2n) is 8.73. The standard InChI is InChI=1S/C19H28N8O2/c1-19(17(20)28)3-4-27(10-19)16-14-15(22-11-21-14)23-18(24-16)26-6-5-25-9-13(29-2)7-12(25)8-26/h11-13H,3-10H2,1-2H3,(H2,20,28)(H,21,22,23,24)/t12-,13-,19?/m1/s1. The molecule has 0 radical (unpaired) electrons. The van der Waals surface area contributed by atoms with Crippen molar-refractivity contribution in [2.75, 3.05) is 56.2 Å². The fourth-order valence-electron chi connectivity index (χ4n) is 4.87. The van der Waals surface area contributed by atoms with Crippen LogP contribution in [0.25, 0.3) is 11.2 Å². The molecule has 3 aliphatic heterocycles. The lowest BCUT2D eigenvalue weighted by atomic mass is 9.89. The topological polar surface area (TPSA) is 116 Å². The average Bonchev–Trinajstić information content (AvgIpc) is 3.44. The number of hydrogen-bond donors (Lipinski definition) is 2. The van der Waals surface area contributed by atoms with Gasteiger partial charge in [0.25, 0.3) is 0 Å². The summed E-state index contributed by atoms with van der Waals surface area (Å²) in [6.45, 7) is 6.95. The van der Waals surface area contributed by atoms with E-state index >= 15 is 0 Å². The van der Waals surface area contributed by atoms with Gasteiger partial charge >= 0.3 is 0 Å². The lowest BCUT2D eigenvalue weighted by molar-refractivity contribution is -0.125. The maximum absolute atomic E-state index is 11.9. The number of primary amides is 1. The molecule has 3 aliphatic rings. The highest BCUT2D eigenvalue weighted by atomic mass is 16.5. The Labute approximate surface area is 169 Å². The number of aromatic amines is 1. The number of nitrogens with zero attached hydrogens (tertiary/aromatic N) is 6. The average molecular weight is 400 g/mol. The van der Waals surface area contributed by atoms with Crippen LogP contribution in [0.4, 0.5) is 11.8 Å². The number of carbonyl (C=O) groups is 1. The minimum absolute atomic E-state index is 0.264. The minimum atomic E-state index is -0.540. The lowest BCUT2D eigenvalue weighted by Gasteiger charge is -2.37. The molecule has 0 aliphatic carbocycles. The van der Waals surface area contributed by atoms with Gasteiger partial charge in [0.15, 0.2) is 11.5 Å². The van der Waals surface area contributed by atoms with Crippen molar-refractivity contribution in [1.29, 1.82) is 0 Å². The Hall–Kier alpha value is -2.46. The third-order valence-corrected chi connectivity index (χ3v) is 6.82. The predicted octanol–water partition coefficient (Wildman–Crippen LogP) is -0.0361. The van der Waals surface area contributed by atoms with Gasteiger partial charge < -0.3 is 25.3 Å². The van der Waals surface area contributed by atoms with Gasteiger partial charge in [-0.1, -0.05) is 0 Å². The smallest absolute Gasteiger partial charge is 0.229 e. The molecule has 1 amide bonds. The number of hydrogen-bond acceptors (Lipinski definition) is 8. The molecule has 10 heteroatoms. The number of anilines is 2. The second-order valence-corrected chi connectivity index (χ2v) is 8.73. The molecule has 2 aromatic rings. The highest BCUT2D eigenvalue weighted by Crippen LogP contribution is 2.35. The van der Waals surface area contributed by atoms with E-state index in [0.717, 1.165) is 56.9 Å². The molecule has 0 saturated carbocycles. The third-order valence-electron chi connectivity index (χ3n) is 6.82. The van der Waals surface area contributed by atoms with Gasteiger partial charge in [0.2, 0.25) is 11.9 Å². The molecule has 3 atom stereocenters. The maximum Gasteiger partial charge on any atom is 0.229 e. The first kappa shape index (κ1) is 18.6. The van der Waals surface area contributed by atoms with Crippen LogP contribution in [0.3, 0.4) is 0 Å². The van der Waals surface area contributed by atoms with Gasteiger partial charge in [-0.25, -0.2) is 4.98 Å². The first-order valence-electron chi connectivity index (χ1n) is 10.2. The van der Waals surface area contributed by atoms with Crippen molar-refractivity contribution in [1.82, 2.24) is 24.8 Å². The number of rotatable bonds is 4. The van der Waals surface area contributed by atoms with Crippen molar-refractivity contribution >= 4 is 28.8 Å².